The SMILES string of the molecule is CN1CCN(c2ccc(CNC(=O)N(C)Cc3ccccc3)cn2)CC1. The summed E-state index contributed by atoms with van der Waals surface area (Å²) in [4.78, 5) is 23.1. The van der Waals surface area contributed by atoms with Gasteiger partial charge in [0, 0.05) is 52.5 Å². The summed E-state index contributed by atoms with van der Waals surface area (Å²) in [6, 6.07) is 14.0. The zero-order valence-electron chi connectivity index (χ0n) is 15.6. The molecular formula is C20H27N5O. The standard InChI is InChI=1S/C20H27N5O/c1-23-10-12-25(13-11-23)19-9-8-18(14-21-19)15-22-20(26)24(2)16-17-6-4-3-5-7-17/h3-9,14H,10-13,15-16H2,1-2H3,(H,22,26). The normalized spacial score (nSPS) is 14.9. The van der Waals surface area contributed by atoms with Crippen LogP contribution >= 0.6 is 0 Å². The van der Waals surface area contributed by atoms with E-state index in [4.69, 9.17) is 0 Å². The number of piperazine rings is 1. The molecule has 1 aliphatic rings. The molecule has 0 aliphatic carbocycles. The van der Waals surface area contributed by atoms with Crippen LogP contribution in [0.25, 0.3) is 0 Å². The van der Waals surface area contributed by atoms with E-state index in [2.05, 4.69) is 27.1 Å². The number of amides is 2. The third kappa shape index (κ3) is 4.95. The first-order valence-electron chi connectivity index (χ1n) is 9.03. The van der Waals surface area contributed by atoms with Gasteiger partial charge in [-0.2, -0.15) is 0 Å². The fourth-order valence-corrected chi connectivity index (χ4v) is 2.99. The molecule has 6 heteroatoms. The van der Waals surface area contributed by atoms with Gasteiger partial charge in [-0.1, -0.05) is 36.4 Å². The Labute approximate surface area is 155 Å². The van der Waals surface area contributed by atoms with Crippen LogP contribution in [0.4, 0.5) is 10.6 Å². The van der Waals surface area contributed by atoms with Gasteiger partial charge in [0.15, 0.2) is 0 Å². The van der Waals surface area contributed by atoms with Crippen LogP contribution in [0.5, 0.6) is 0 Å². The van der Waals surface area contributed by atoms with E-state index in [1.807, 2.05) is 48.7 Å². The molecule has 0 unspecified atom stereocenters. The van der Waals surface area contributed by atoms with Gasteiger partial charge >= 0.3 is 6.03 Å². The van der Waals surface area contributed by atoms with Gasteiger partial charge in [-0.3, -0.25) is 0 Å². The topological polar surface area (TPSA) is 51.7 Å². The quantitative estimate of drug-likeness (QED) is 0.895. The third-order valence-electron chi connectivity index (χ3n) is 4.69. The molecule has 1 aromatic carbocycles. The fraction of sp³-hybridized carbons (Fsp3) is 0.400. The van der Waals surface area contributed by atoms with E-state index < -0.39 is 0 Å². The van der Waals surface area contributed by atoms with Gasteiger partial charge in [0.25, 0.3) is 0 Å². The number of carbonyl (C=O) groups is 1. The highest BCUT2D eigenvalue weighted by Crippen LogP contribution is 2.13. The summed E-state index contributed by atoms with van der Waals surface area (Å²) in [7, 11) is 3.95. The van der Waals surface area contributed by atoms with Crippen molar-refractivity contribution in [3.05, 3.63) is 59.8 Å². The predicted molar refractivity (Wildman–Crippen MR) is 104 cm³/mol. The smallest absolute Gasteiger partial charge is 0.317 e. The molecule has 2 amide bonds. The average Bonchev–Trinajstić information content (AvgIpc) is 2.68. The van der Waals surface area contributed by atoms with Crippen LogP contribution in [0.3, 0.4) is 0 Å². The summed E-state index contributed by atoms with van der Waals surface area (Å²) in [5.74, 6) is 1.01. The molecule has 2 aromatic rings. The number of pyridine rings is 1. The predicted octanol–water partition coefficient (Wildman–Crippen LogP) is 2.17. The van der Waals surface area contributed by atoms with E-state index in [9.17, 15) is 4.79 Å². The van der Waals surface area contributed by atoms with E-state index in [1.165, 1.54) is 0 Å². The number of hydrogen-bond donors (Lipinski definition) is 1. The first kappa shape index (κ1) is 18.2. The number of rotatable bonds is 5. The Morgan fingerprint density at radius 1 is 1.08 bits per heavy atom. The molecule has 0 spiro atoms. The maximum Gasteiger partial charge on any atom is 0.317 e. The van der Waals surface area contributed by atoms with Crippen molar-refractivity contribution in [3.8, 4) is 0 Å². The summed E-state index contributed by atoms with van der Waals surface area (Å²) in [5.41, 5.74) is 2.12. The van der Waals surface area contributed by atoms with Gasteiger partial charge < -0.3 is 20.0 Å². The van der Waals surface area contributed by atoms with Crippen molar-refractivity contribution in [2.45, 2.75) is 13.1 Å². The van der Waals surface area contributed by atoms with E-state index in [-0.39, 0.29) is 6.03 Å². The minimum atomic E-state index is -0.0861. The molecule has 0 atom stereocenters. The Hall–Kier alpha value is -2.60. The highest BCUT2D eigenvalue weighted by molar-refractivity contribution is 5.73. The Morgan fingerprint density at radius 3 is 2.46 bits per heavy atom. The van der Waals surface area contributed by atoms with E-state index >= 15 is 0 Å². The molecule has 0 saturated carbocycles. The van der Waals surface area contributed by atoms with Crippen molar-refractivity contribution in [2.75, 3.05) is 45.2 Å². The molecular weight excluding hydrogens is 326 g/mol. The summed E-state index contributed by atoms with van der Waals surface area (Å²) in [6.07, 6.45) is 1.85. The molecule has 26 heavy (non-hydrogen) atoms. The lowest BCUT2D eigenvalue weighted by atomic mass is 10.2. The number of anilines is 1. The van der Waals surface area contributed by atoms with Crippen molar-refractivity contribution in [2.24, 2.45) is 0 Å². The number of carbonyl (C=O) groups excluding carboxylic acids is 1. The monoisotopic (exact) mass is 353 g/mol. The Bertz CT molecular complexity index is 696. The Morgan fingerprint density at radius 2 is 1.81 bits per heavy atom. The largest absolute Gasteiger partial charge is 0.354 e. The van der Waals surface area contributed by atoms with E-state index in [0.717, 1.165) is 43.1 Å². The summed E-state index contributed by atoms with van der Waals surface area (Å²) in [6.45, 7) is 5.20. The molecule has 1 aromatic heterocycles. The second kappa shape index (κ2) is 8.67. The summed E-state index contributed by atoms with van der Waals surface area (Å²) < 4.78 is 0. The number of urea groups is 1. The number of hydrogen-bond acceptors (Lipinski definition) is 4. The third-order valence-corrected chi connectivity index (χ3v) is 4.69. The molecule has 0 bridgehead atoms. The van der Waals surface area contributed by atoms with Crippen LogP contribution < -0.4 is 10.2 Å². The van der Waals surface area contributed by atoms with Crippen LogP contribution in [-0.4, -0.2) is 61.1 Å². The van der Waals surface area contributed by atoms with Crippen molar-refractivity contribution in [3.63, 3.8) is 0 Å². The summed E-state index contributed by atoms with van der Waals surface area (Å²) in [5, 5.41) is 2.95. The minimum absolute atomic E-state index is 0.0861. The number of nitrogens with one attached hydrogen (secondary N) is 1. The molecule has 0 radical (unpaired) electrons. The molecule has 2 heterocycles. The first-order chi connectivity index (χ1) is 12.6. The van der Waals surface area contributed by atoms with Crippen LogP contribution in [-0.2, 0) is 13.1 Å². The molecule has 138 valence electrons. The number of likely N-dealkylation sites (N-methyl/N-ethyl adjacent to an activating group) is 1. The zero-order chi connectivity index (χ0) is 18.4. The van der Waals surface area contributed by atoms with Crippen LogP contribution in [0, 0.1) is 0 Å². The van der Waals surface area contributed by atoms with Crippen LogP contribution in [0.1, 0.15) is 11.1 Å². The van der Waals surface area contributed by atoms with Crippen LogP contribution in [0.2, 0.25) is 0 Å². The lowest BCUT2D eigenvalue weighted by Gasteiger charge is -2.33. The van der Waals surface area contributed by atoms with Gasteiger partial charge in [0.05, 0.1) is 0 Å². The molecule has 6 nitrogen and oxygen atoms in total. The molecule has 1 saturated heterocycles. The fourth-order valence-electron chi connectivity index (χ4n) is 2.99. The van der Waals surface area contributed by atoms with Gasteiger partial charge in [-0.25, -0.2) is 9.78 Å². The van der Waals surface area contributed by atoms with Gasteiger partial charge in [0.2, 0.25) is 0 Å². The Balaban J connectivity index is 1.47. The highest BCUT2D eigenvalue weighted by Gasteiger charge is 2.15. The summed E-state index contributed by atoms with van der Waals surface area (Å²) >= 11 is 0. The van der Waals surface area contributed by atoms with Crippen molar-refractivity contribution in [1.29, 1.82) is 0 Å². The minimum Gasteiger partial charge on any atom is -0.354 e. The van der Waals surface area contributed by atoms with E-state index in [0.29, 0.717) is 13.1 Å². The highest BCUT2D eigenvalue weighted by atomic mass is 16.2. The Kier molecular flexibility index (Phi) is 6.07. The van der Waals surface area contributed by atoms with Gasteiger partial charge in [-0.05, 0) is 24.2 Å². The second-order valence-corrected chi connectivity index (χ2v) is 6.82. The van der Waals surface area contributed by atoms with Crippen molar-refractivity contribution >= 4 is 11.8 Å². The lowest BCUT2D eigenvalue weighted by molar-refractivity contribution is 0.206. The van der Waals surface area contributed by atoms with Gasteiger partial charge in [0.1, 0.15) is 5.82 Å². The van der Waals surface area contributed by atoms with Crippen molar-refractivity contribution < 1.29 is 4.79 Å². The van der Waals surface area contributed by atoms with E-state index in [1.54, 1.807) is 11.9 Å². The molecule has 1 fully saturated rings. The maximum atomic E-state index is 12.2. The average molecular weight is 353 g/mol. The van der Waals surface area contributed by atoms with Crippen molar-refractivity contribution in [1.82, 2.24) is 20.1 Å². The number of benzene rings is 1. The van der Waals surface area contributed by atoms with Gasteiger partial charge in [-0.15, -0.1) is 0 Å². The second-order valence-electron chi connectivity index (χ2n) is 6.82. The molecule has 1 aliphatic heterocycles. The number of aromatic nitrogens is 1. The molecule has 3 rings (SSSR count). The van der Waals surface area contributed by atoms with Crippen LogP contribution in [0.15, 0.2) is 48.7 Å². The zero-order valence-corrected chi connectivity index (χ0v) is 15.6. The number of nitrogens with zero attached hydrogens (tertiary/aromatic N) is 4. The first-order valence-corrected chi connectivity index (χ1v) is 9.03. The molecule has 1 N–H and O–H groups in total. The lowest BCUT2D eigenvalue weighted by Crippen LogP contribution is -2.44. The maximum absolute atomic E-state index is 12.2.